The number of fused-ring (bicyclic) bond motifs is 2. The topological polar surface area (TPSA) is 71.4 Å². The predicted molar refractivity (Wildman–Crippen MR) is 55.0 cm³/mol. The summed E-state index contributed by atoms with van der Waals surface area (Å²) in [5.74, 6) is -0.531. The molecule has 2 bridgehead atoms. The molecular formula is C10H16O4S. The highest BCUT2D eigenvalue weighted by Gasteiger charge is 2.69. The second-order valence-electron chi connectivity index (χ2n) is 5.50. The van der Waals surface area contributed by atoms with Gasteiger partial charge in [0.1, 0.15) is 5.25 Å². The molecule has 2 rings (SSSR count). The molecule has 2 aliphatic rings. The average Bonchev–Trinajstić information content (AvgIpc) is 2.33. The molecule has 0 spiro atoms. The zero-order chi connectivity index (χ0) is 11.6. The highest BCUT2D eigenvalue weighted by Crippen LogP contribution is 2.64. The number of hydrogen-bond donors (Lipinski definition) is 1. The van der Waals surface area contributed by atoms with Crippen LogP contribution in [0.25, 0.3) is 0 Å². The van der Waals surface area contributed by atoms with E-state index in [0.29, 0.717) is 6.42 Å². The first kappa shape index (κ1) is 11.1. The fourth-order valence-corrected chi connectivity index (χ4v) is 4.77. The molecule has 0 aromatic rings. The first-order valence-electron chi connectivity index (χ1n) is 5.13. The minimum Gasteiger partial charge on any atom is -0.297 e. The maximum atomic E-state index is 12.0. The largest absolute Gasteiger partial charge is 0.297 e. The SMILES string of the molecule is CC1(C)[C@@H]2CC[C@@]1(C)C(=O)[C@@H]2S(=O)(=O)O. The van der Waals surface area contributed by atoms with Crippen molar-refractivity contribution < 1.29 is 17.8 Å². The molecule has 0 aromatic heterocycles. The van der Waals surface area contributed by atoms with Gasteiger partial charge in [0.15, 0.2) is 5.78 Å². The zero-order valence-corrected chi connectivity index (χ0v) is 9.97. The van der Waals surface area contributed by atoms with E-state index >= 15 is 0 Å². The third-order valence-electron chi connectivity index (χ3n) is 4.79. The van der Waals surface area contributed by atoms with Crippen molar-refractivity contribution in [2.24, 2.45) is 16.7 Å². The van der Waals surface area contributed by atoms with Gasteiger partial charge in [0.2, 0.25) is 0 Å². The van der Waals surface area contributed by atoms with Crippen molar-refractivity contribution >= 4 is 15.9 Å². The van der Waals surface area contributed by atoms with Gasteiger partial charge in [-0.25, -0.2) is 0 Å². The molecule has 2 saturated carbocycles. The summed E-state index contributed by atoms with van der Waals surface area (Å²) in [6, 6.07) is 0. The lowest BCUT2D eigenvalue weighted by Gasteiger charge is -2.32. The van der Waals surface area contributed by atoms with Gasteiger partial charge >= 0.3 is 0 Å². The first-order valence-corrected chi connectivity index (χ1v) is 6.63. The molecule has 2 aliphatic carbocycles. The fourth-order valence-electron chi connectivity index (χ4n) is 3.35. The second-order valence-corrected chi connectivity index (χ2v) is 7.04. The van der Waals surface area contributed by atoms with Crippen molar-refractivity contribution in [3.05, 3.63) is 0 Å². The van der Waals surface area contributed by atoms with Crippen LogP contribution in [0.2, 0.25) is 0 Å². The molecule has 2 fully saturated rings. The van der Waals surface area contributed by atoms with Crippen LogP contribution in [0.15, 0.2) is 0 Å². The first-order chi connectivity index (χ1) is 6.62. The molecule has 0 radical (unpaired) electrons. The molecule has 0 unspecified atom stereocenters. The molecule has 0 saturated heterocycles. The van der Waals surface area contributed by atoms with Gasteiger partial charge in [-0.2, -0.15) is 8.42 Å². The summed E-state index contributed by atoms with van der Waals surface area (Å²) in [6.07, 6.45) is 1.44. The Morgan fingerprint density at radius 2 is 1.87 bits per heavy atom. The molecule has 86 valence electrons. The number of hydrogen-bond acceptors (Lipinski definition) is 3. The van der Waals surface area contributed by atoms with E-state index in [9.17, 15) is 13.2 Å². The van der Waals surface area contributed by atoms with Gasteiger partial charge in [-0.15, -0.1) is 0 Å². The lowest BCUT2D eigenvalue weighted by molar-refractivity contribution is -0.128. The van der Waals surface area contributed by atoms with Crippen LogP contribution in [0.3, 0.4) is 0 Å². The molecule has 4 nitrogen and oxygen atoms in total. The Balaban J connectivity index is 2.57. The van der Waals surface area contributed by atoms with E-state index in [-0.39, 0.29) is 17.1 Å². The lowest BCUT2D eigenvalue weighted by atomic mass is 9.70. The van der Waals surface area contributed by atoms with Gasteiger partial charge in [-0.3, -0.25) is 9.35 Å². The van der Waals surface area contributed by atoms with E-state index in [1.165, 1.54) is 0 Å². The van der Waals surface area contributed by atoms with Crippen LogP contribution in [0.5, 0.6) is 0 Å². The maximum Gasteiger partial charge on any atom is 0.275 e. The average molecular weight is 232 g/mol. The van der Waals surface area contributed by atoms with Crippen molar-refractivity contribution in [3.8, 4) is 0 Å². The van der Waals surface area contributed by atoms with Crippen molar-refractivity contribution in [2.45, 2.75) is 38.9 Å². The Bertz CT molecular complexity index is 423. The molecule has 0 aromatic carbocycles. The van der Waals surface area contributed by atoms with Gasteiger partial charge in [-0.1, -0.05) is 20.8 Å². The minimum atomic E-state index is -4.24. The Hall–Kier alpha value is -0.420. The Morgan fingerprint density at radius 1 is 1.33 bits per heavy atom. The molecule has 5 heteroatoms. The zero-order valence-electron chi connectivity index (χ0n) is 9.15. The predicted octanol–water partition coefficient (Wildman–Crippen LogP) is 1.27. The number of carbonyl (C=O) groups excluding carboxylic acids is 1. The summed E-state index contributed by atoms with van der Waals surface area (Å²) in [5, 5.41) is -1.19. The van der Waals surface area contributed by atoms with Crippen molar-refractivity contribution in [1.29, 1.82) is 0 Å². The second kappa shape index (κ2) is 2.63. The van der Waals surface area contributed by atoms with Crippen LogP contribution >= 0.6 is 0 Å². The van der Waals surface area contributed by atoms with E-state index in [4.69, 9.17) is 4.55 Å². The van der Waals surface area contributed by atoms with Gasteiger partial charge in [-0.05, 0) is 24.2 Å². The molecule has 0 heterocycles. The number of Topliss-reactive ketones (excluding diaryl/α,β-unsaturated/α-hetero) is 1. The van der Waals surface area contributed by atoms with Crippen LogP contribution in [0, 0.1) is 16.7 Å². The number of ketones is 1. The fraction of sp³-hybridized carbons (Fsp3) is 0.900. The summed E-state index contributed by atoms with van der Waals surface area (Å²) in [5.41, 5.74) is -0.914. The van der Waals surface area contributed by atoms with E-state index < -0.39 is 20.8 Å². The van der Waals surface area contributed by atoms with Crippen molar-refractivity contribution in [1.82, 2.24) is 0 Å². The van der Waals surface area contributed by atoms with E-state index in [1.807, 2.05) is 20.8 Å². The van der Waals surface area contributed by atoms with Gasteiger partial charge in [0.25, 0.3) is 10.1 Å². The summed E-state index contributed by atoms with van der Waals surface area (Å²) in [7, 11) is -4.24. The Labute approximate surface area is 89.8 Å². The highest BCUT2D eigenvalue weighted by atomic mass is 32.2. The number of carbonyl (C=O) groups is 1. The Morgan fingerprint density at radius 3 is 2.13 bits per heavy atom. The molecule has 15 heavy (non-hydrogen) atoms. The van der Waals surface area contributed by atoms with Crippen molar-refractivity contribution in [2.75, 3.05) is 0 Å². The van der Waals surface area contributed by atoms with Crippen LogP contribution < -0.4 is 0 Å². The van der Waals surface area contributed by atoms with Gasteiger partial charge < -0.3 is 0 Å². The minimum absolute atomic E-state index is 0.231. The quantitative estimate of drug-likeness (QED) is 0.691. The van der Waals surface area contributed by atoms with E-state index in [2.05, 4.69) is 0 Å². The van der Waals surface area contributed by atoms with Crippen LogP contribution in [0.4, 0.5) is 0 Å². The number of rotatable bonds is 1. The Kier molecular flexibility index (Phi) is 1.94. The lowest BCUT2D eigenvalue weighted by Crippen LogP contribution is -2.38. The van der Waals surface area contributed by atoms with Gasteiger partial charge in [0.05, 0.1) is 0 Å². The normalized spacial score (nSPS) is 43.6. The third kappa shape index (κ3) is 1.11. The highest BCUT2D eigenvalue weighted by molar-refractivity contribution is 7.87. The monoisotopic (exact) mass is 232 g/mol. The van der Waals surface area contributed by atoms with Crippen molar-refractivity contribution in [3.63, 3.8) is 0 Å². The van der Waals surface area contributed by atoms with Gasteiger partial charge in [0, 0.05) is 5.41 Å². The summed E-state index contributed by atoms with van der Waals surface area (Å²) in [4.78, 5) is 12.0. The molecule has 0 aliphatic heterocycles. The smallest absolute Gasteiger partial charge is 0.275 e. The maximum absolute atomic E-state index is 12.0. The molecule has 0 amide bonds. The summed E-state index contributed by atoms with van der Waals surface area (Å²) >= 11 is 0. The van der Waals surface area contributed by atoms with Crippen LogP contribution in [-0.2, 0) is 14.9 Å². The van der Waals surface area contributed by atoms with Crippen LogP contribution in [0.1, 0.15) is 33.6 Å². The molecule has 1 N–H and O–H groups in total. The molecule has 3 atom stereocenters. The summed E-state index contributed by atoms with van der Waals surface area (Å²) < 4.78 is 31.5. The van der Waals surface area contributed by atoms with E-state index in [1.54, 1.807) is 0 Å². The van der Waals surface area contributed by atoms with Crippen LogP contribution in [-0.4, -0.2) is 24.0 Å². The van der Waals surface area contributed by atoms with E-state index in [0.717, 1.165) is 6.42 Å². The third-order valence-corrected chi connectivity index (χ3v) is 5.98. The summed E-state index contributed by atoms with van der Waals surface area (Å²) in [6.45, 7) is 5.67. The standard InChI is InChI=1S/C10H16O4S/c1-9(2)6-4-5-10(9,3)8(11)7(6)15(12,13)14/h6-7H,4-5H2,1-3H3,(H,12,13,14)/t6-,7-,10+/m1/s1. The molecular weight excluding hydrogens is 216 g/mol.